The summed E-state index contributed by atoms with van der Waals surface area (Å²) < 4.78 is 32.3. The normalized spacial score (nSPS) is 22.7. The standard InChI is InChI=1S/C16H22N2O4S2/c1-22-14-5-6-18(12-14)24(20,21)15-4-2-3-13(11-15)16(19)17-7-9-23-10-8-17/h2-4,11,14H,5-10,12H2,1H3/t14-/m0/s1. The van der Waals surface area contributed by atoms with Crippen molar-refractivity contribution in [2.45, 2.75) is 17.4 Å². The molecule has 1 atom stereocenters. The van der Waals surface area contributed by atoms with Gasteiger partial charge in [0.2, 0.25) is 10.0 Å². The first-order chi connectivity index (χ1) is 11.5. The molecule has 132 valence electrons. The van der Waals surface area contributed by atoms with Crippen LogP contribution in [-0.4, -0.2) is 74.4 Å². The maximum Gasteiger partial charge on any atom is 0.253 e. The van der Waals surface area contributed by atoms with Gasteiger partial charge in [-0.05, 0) is 24.6 Å². The van der Waals surface area contributed by atoms with E-state index in [0.717, 1.165) is 11.5 Å². The quantitative estimate of drug-likeness (QED) is 0.799. The third-order valence-corrected chi connectivity index (χ3v) is 7.26. The van der Waals surface area contributed by atoms with Crippen molar-refractivity contribution in [1.82, 2.24) is 9.21 Å². The predicted molar refractivity (Wildman–Crippen MR) is 93.8 cm³/mol. The molecular formula is C16H22N2O4S2. The lowest BCUT2D eigenvalue weighted by atomic mass is 10.2. The predicted octanol–water partition coefficient (Wildman–Crippen LogP) is 1.29. The molecule has 2 aliphatic heterocycles. The smallest absolute Gasteiger partial charge is 0.253 e. The minimum Gasteiger partial charge on any atom is -0.380 e. The number of amides is 1. The molecule has 0 N–H and O–H groups in total. The van der Waals surface area contributed by atoms with Crippen molar-refractivity contribution in [2.24, 2.45) is 0 Å². The van der Waals surface area contributed by atoms with Crippen LogP contribution in [0.25, 0.3) is 0 Å². The summed E-state index contributed by atoms with van der Waals surface area (Å²) in [5.74, 6) is 1.76. The van der Waals surface area contributed by atoms with Gasteiger partial charge < -0.3 is 9.64 Å². The summed E-state index contributed by atoms with van der Waals surface area (Å²) in [6.07, 6.45) is 0.634. The van der Waals surface area contributed by atoms with Gasteiger partial charge in [0, 0.05) is 50.4 Å². The minimum atomic E-state index is -3.59. The Balaban J connectivity index is 1.80. The van der Waals surface area contributed by atoms with Crippen LogP contribution in [0, 0.1) is 0 Å². The molecule has 1 aromatic rings. The van der Waals surface area contributed by atoms with Crippen LogP contribution >= 0.6 is 11.8 Å². The molecular weight excluding hydrogens is 348 g/mol. The summed E-state index contributed by atoms with van der Waals surface area (Å²) >= 11 is 1.83. The fraction of sp³-hybridized carbons (Fsp3) is 0.562. The topological polar surface area (TPSA) is 66.9 Å². The fourth-order valence-corrected chi connectivity index (χ4v) is 5.43. The largest absolute Gasteiger partial charge is 0.380 e. The molecule has 3 rings (SSSR count). The second-order valence-electron chi connectivity index (χ2n) is 5.94. The zero-order chi connectivity index (χ0) is 17.2. The van der Waals surface area contributed by atoms with E-state index in [9.17, 15) is 13.2 Å². The number of nitrogens with zero attached hydrogens (tertiary/aromatic N) is 2. The molecule has 1 aromatic carbocycles. The Morgan fingerprint density at radius 1 is 1.25 bits per heavy atom. The molecule has 0 bridgehead atoms. The second-order valence-corrected chi connectivity index (χ2v) is 9.10. The fourth-order valence-electron chi connectivity index (χ4n) is 3.00. The Hall–Kier alpha value is -1.09. The maximum atomic E-state index is 12.8. The number of sulfonamides is 1. The summed E-state index contributed by atoms with van der Waals surface area (Å²) in [5, 5.41) is 0. The molecule has 2 aliphatic rings. The number of methoxy groups -OCH3 is 1. The van der Waals surface area contributed by atoms with Gasteiger partial charge in [-0.25, -0.2) is 8.42 Å². The van der Waals surface area contributed by atoms with Crippen molar-refractivity contribution in [3.05, 3.63) is 29.8 Å². The molecule has 24 heavy (non-hydrogen) atoms. The molecule has 0 aliphatic carbocycles. The van der Waals surface area contributed by atoms with Gasteiger partial charge in [0.25, 0.3) is 5.91 Å². The number of thioether (sulfide) groups is 1. The zero-order valence-electron chi connectivity index (χ0n) is 13.7. The first kappa shape index (κ1) is 17.7. The van der Waals surface area contributed by atoms with Gasteiger partial charge in [0.1, 0.15) is 0 Å². The summed E-state index contributed by atoms with van der Waals surface area (Å²) in [7, 11) is -2.00. The SMILES string of the molecule is CO[C@H]1CCN(S(=O)(=O)c2cccc(C(=O)N3CCSCC3)c2)C1. The van der Waals surface area contributed by atoms with Crippen molar-refractivity contribution < 1.29 is 17.9 Å². The Morgan fingerprint density at radius 2 is 2.00 bits per heavy atom. The van der Waals surface area contributed by atoms with E-state index < -0.39 is 10.0 Å². The highest BCUT2D eigenvalue weighted by atomic mass is 32.2. The number of carbonyl (C=O) groups is 1. The van der Waals surface area contributed by atoms with Crippen molar-refractivity contribution in [2.75, 3.05) is 44.8 Å². The number of hydrogen-bond acceptors (Lipinski definition) is 5. The molecule has 6 nitrogen and oxygen atoms in total. The van der Waals surface area contributed by atoms with Crippen LogP contribution in [0.3, 0.4) is 0 Å². The van der Waals surface area contributed by atoms with Crippen molar-refractivity contribution in [1.29, 1.82) is 0 Å². The van der Waals surface area contributed by atoms with E-state index in [0.29, 0.717) is 38.2 Å². The van der Waals surface area contributed by atoms with E-state index in [1.807, 2.05) is 11.8 Å². The van der Waals surface area contributed by atoms with Crippen LogP contribution in [0.2, 0.25) is 0 Å². The third kappa shape index (κ3) is 3.61. The lowest BCUT2D eigenvalue weighted by Gasteiger charge is -2.26. The number of rotatable bonds is 4. The van der Waals surface area contributed by atoms with Crippen molar-refractivity contribution in [3.63, 3.8) is 0 Å². The van der Waals surface area contributed by atoms with Crippen molar-refractivity contribution >= 4 is 27.7 Å². The van der Waals surface area contributed by atoms with Crippen LogP contribution in [0.5, 0.6) is 0 Å². The van der Waals surface area contributed by atoms with E-state index in [1.165, 1.54) is 10.4 Å². The van der Waals surface area contributed by atoms with E-state index in [-0.39, 0.29) is 16.9 Å². The maximum absolute atomic E-state index is 12.8. The van der Waals surface area contributed by atoms with E-state index in [1.54, 1.807) is 30.2 Å². The number of carbonyl (C=O) groups excluding carboxylic acids is 1. The van der Waals surface area contributed by atoms with E-state index in [2.05, 4.69) is 0 Å². The Morgan fingerprint density at radius 3 is 2.67 bits per heavy atom. The summed E-state index contributed by atoms with van der Waals surface area (Å²) in [4.78, 5) is 14.6. The monoisotopic (exact) mass is 370 g/mol. The summed E-state index contributed by atoms with van der Waals surface area (Å²) in [6, 6.07) is 6.38. The van der Waals surface area contributed by atoms with Gasteiger partial charge in [-0.15, -0.1) is 0 Å². The van der Waals surface area contributed by atoms with Gasteiger partial charge in [0.15, 0.2) is 0 Å². The Labute approximate surface area is 147 Å². The molecule has 0 saturated carbocycles. The van der Waals surface area contributed by atoms with E-state index >= 15 is 0 Å². The molecule has 2 saturated heterocycles. The van der Waals surface area contributed by atoms with Gasteiger partial charge in [0.05, 0.1) is 11.0 Å². The molecule has 8 heteroatoms. The first-order valence-electron chi connectivity index (χ1n) is 8.02. The van der Waals surface area contributed by atoms with Crippen LogP contribution in [-0.2, 0) is 14.8 Å². The highest BCUT2D eigenvalue weighted by Crippen LogP contribution is 2.23. The van der Waals surface area contributed by atoms with Crippen LogP contribution in [0.15, 0.2) is 29.2 Å². The third-order valence-electron chi connectivity index (χ3n) is 4.46. The second kappa shape index (κ2) is 7.43. The highest BCUT2D eigenvalue weighted by molar-refractivity contribution is 7.99. The average molecular weight is 370 g/mol. The van der Waals surface area contributed by atoms with Crippen LogP contribution in [0.4, 0.5) is 0 Å². The number of ether oxygens (including phenoxy) is 1. The van der Waals surface area contributed by atoms with E-state index in [4.69, 9.17) is 4.74 Å². The minimum absolute atomic E-state index is 0.0598. The Bertz CT molecular complexity index is 702. The summed E-state index contributed by atoms with van der Waals surface area (Å²) in [6.45, 7) is 2.23. The molecule has 0 unspecified atom stereocenters. The molecule has 0 aromatic heterocycles. The number of hydrogen-bond donors (Lipinski definition) is 0. The molecule has 1 amide bonds. The van der Waals surface area contributed by atoms with Gasteiger partial charge >= 0.3 is 0 Å². The lowest BCUT2D eigenvalue weighted by molar-refractivity contribution is 0.0772. The average Bonchev–Trinajstić information content (AvgIpc) is 3.12. The van der Waals surface area contributed by atoms with Crippen LogP contribution in [0.1, 0.15) is 16.8 Å². The lowest BCUT2D eigenvalue weighted by Crippen LogP contribution is -2.38. The number of benzene rings is 1. The molecule has 2 fully saturated rings. The van der Waals surface area contributed by atoms with Gasteiger partial charge in [-0.2, -0.15) is 16.1 Å². The zero-order valence-corrected chi connectivity index (χ0v) is 15.3. The first-order valence-corrected chi connectivity index (χ1v) is 10.6. The molecule has 0 radical (unpaired) electrons. The highest BCUT2D eigenvalue weighted by Gasteiger charge is 2.33. The Kier molecular flexibility index (Phi) is 5.49. The summed E-state index contributed by atoms with van der Waals surface area (Å²) in [5.41, 5.74) is 0.436. The van der Waals surface area contributed by atoms with Crippen molar-refractivity contribution in [3.8, 4) is 0 Å². The van der Waals surface area contributed by atoms with Crippen LogP contribution < -0.4 is 0 Å². The van der Waals surface area contributed by atoms with Gasteiger partial charge in [-0.3, -0.25) is 4.79 Å². The molecule has 2 heterocycles. The van der Waals surface area contributed by atoms with Gasteiger partial charge in [-0.1, -0.05) is 6.07 Å². The molecule has 0 spiro atoms.